The van der Waals surface area contributed by atoms with Gasteiger partial charge in [-0.25, -0.2) is 0 Å². The van der Waals surface area contributed by atoms with Gasteiger partial charge in [0.05, 0.1) is 6.04 Å². The monoisotopic (exact) mass is 322 g/mol. The third-order valence-corrected chi connectivity index (χ3v) is 3.67. The number of rotatable bonds is 4. The summed E-state index contributed by atoms with van der Waals surface area (Å²) in [7, 11) is 0. The molecule has 0 saturated carbocycles. The molecule has 1 saturated heterocycles. The fourth-order valence-corrected chi connectivity index (χ4v) is 2.58. The van der Waals surface area contributed by atoms with Crippen molar-refractivity contribution in [2.75, 3.05) is 13.1 Å². The van der Waals surface area contributed by atoms with Crippen molar-refractivity contribution in [2.45, 2.75) is 25.3 Å². The molecule has 2 N–H and O–H groups in total. The minimum Gasteiger partial charge on any atom is -0.354 e. The summed E-state index contributed by atoms with van der Waals surface area (Å²) in [5.41, 5.74) is 1.00. The smallest absolute Gasteiger partial charge is 0.237 e. The number of carbonyl (C=O) groups excluding carboxylic acids is 1. The van der Waals surface area contributed by atoms with E-state index in [9.17, 15) is 4.79 Å². The number of benzene rings is 1. The molecule has 0 aliphatic carbocycles. The molecule has 1 aliphatic heterocycles. The van der Waals surface area contributed by atoms with Gasteiger partial charge >= 0.3 is 0 Å². The molecule has 1 aliphatic rings. The van der Waals surface area contributed by atoms with E-state index in [-0.39, 0.29) is 24.4 Å². The van der Waals surface area contributed by atoms with Gasteiger partial charge in [-0.1, -0.05) is 29.3 Å². The van der Waals surface area contributed by atoms with Gasteiger partial charge in [-0.15, -0.1) is 12.4 Å². The molecular weight excluding hydrogens is 307 g/mol. The van der Waals surface area contributed by atoms with E-state index in [1.54, 1.807) is 6.07 Å². The Kier molecular flexibility index (Phi) is 6.94. The summed E-state index contributed by atoms with van der Waals surface area (Å²) in [6.07, 6.45) is 2.71. The lowest BCUT2D eigenvalue weighted by Gasteiger charge is -2.11. The van der Waals surface area contributed by atoms with Crippen molar-refractivity contribution in [1.29, 1.82) is 0 Å². The quantitative estimate of drug-likeness (QED) is 0.894. The maximum atomic E-state index is 11.7. The molecule has 0 aromatic heterocycles. The first-order valence-corrected chi connectivity index (χ1v) is 6.87. The van der Waals surface area contributed by atoms with Gasteiger partial charge in [0.15, 0.2) is 0 Å². The molecule has 1 fully saturated rings. The predicted molar refractivity (Wildman–Crippen MR) is 81.4 cm³/mol. The standard InChI is InChI=1S/C13H16Cl2N2O.ClH/c14-10-4-3-9(11(15)8-10)5-7-17-13(18)12-2-1-6-16-12;/h3-4,8,12,16H,1-2,5-7H2,(H,17,18);1H. The van der Waals surface area contributed by atoms with Gasteiger partial charge in [-0.2, -0.15) is 0 Å². The van der Waals surface area contributed by atoms with Crippen molar-refractivity contribution in [1.82, 2.24) is 10.6 Å². The summed E-state index contributed by atoms with van der Waals surface area (Å²) in [4.78, 5) is 11.7. The minimum atomic E-state index is -0.0225. The van der Waals surface area contributed by atoms with Gasteiger partial charge in [0.25, 0.3) is 0 Å². The third kappa shape index (κ3) is 4.84. The Morgan fingerprint density at radius 2 is 2.21 bits per heavy atom. The van der Waals surface area contributed by atoms with Crippen molar-refractivity contribution in [3.05, 3.63) is 33.8 Å². The van der Waals surface area contributed by atoms with Crippen LogP contribution in [-0.2, 0) is 11.2 Å². The van der Waals surface area contributed by atoms with Crippen LogP contribution in [0.4, 0.5) is 0 Å². The Morgan fingerprint density at radius 3 is 2.84 bits per heavy atom. The van der Waals surface area contributed by atoms with Crippen LogP contribution in [0.3, 0.4) is 0 Å². The third-order valence-electron chi connectivity index (χ3n) is 3.09. The topological polar surface area (TPSA) is 41.1 Å². The van der Waals surface area contributed by atoms with Crippen LogP contribution in [0.15, 0.2) is 18.2 Å². The van der Waals surface area contributed by atoms with Crippen molar-refractivity contribution >= 4 is 41.5 Å². The minimum absolute atomic E-state index is 0. The Morgan fingerprint density at radius 1 is 1.42 bits per heavy atom. The zero-order chi connectivity index (χ0) is 13.0. The van der Waals surface area contributed by atoms with Crippen molar-refractivity contribution < 1.29 is 4.79 Å². The van der Waals surface area contributed by atoms with Crippen LogP contribution in [0.2, 0.25) is 10.0 Å². The lowest BCUT2D eigenvalue weighted by Crippen LogP contribution is -2.41. The van der Waals surface area contributed by atoms with Crippen LogP contribution >= 0.6 is 35.6 Å². The molecule has 0 radical (unpaired) electrons. The first kappa shape index (κ1) is 16.6. The molecule has 1 unspecified atom stereocenters. The van der Waals surface area contributed by atoms with Crippen LogP contribution in [0.5, 0.6) is 0 Å². The number of amides is 1. The molecular formula is C13H17Cl3N2O. The van der Waals surface area contributed by atoms with Crippen LogP contribution in [0.1, 0.15) is 18.4 Å². The van der Waals surface area contributed by atoms with E-state index >= 15 is 0 Å². The van der Waals surface area contributed by atoms with Gasteiger partial charge < -0.3 is 10.6 Å². The molecule has 1 heterocycles. The summed E-state index contributed by atoms with van der Waals surface area (Å²) in [6, 6.07) is 5.40. The first-order valence-electron chi connectivity index (χ1n) is 6.12. The van der Waals surface area contributed by atoms with Gasteiger partial charge in [-0.3, -0.25) is 4.79 Å². The molecule has 1 atom stereocenters. The predicted octanol–water partition coefficient (Wildman–Crippen LogP) is 2.83. The lowest BCUT2D eigenvalue weighted by molar-refractivity contribution is -0.122. The number of halogens is 3. The number of hydrogen-bond acceptors (Lipinski definition) is 2. The van der Waals surface area contributed by atoms with E-state index in [4.69, 9.17) is 23.2 Å². The Balaban J connectivity index is 0.00000180. The highest BCUT2D eigenvalue weighted by Crippen LogP contribution is 2.21. The summed E-state index contributed by atoms with van der Waals surface area (Å²) in [5, 5.41) is 7.37. The van der Waals surface area contributed by atoms with Crippen LogP contribution in [0, 0.1) is 0 Å². The summed E-state index contributed by atoms with van der Waals surface area (Å²) < 4.78 is 0. The summed E-state index contributed by atoms with van der Waals surface area (Å²) >= 11 is 11.9. The van der Waals surface area contributed by atoms with E-state index in [0.29, 0.717) is 23.0 Å². The Hall–Kier alpha value is -0.480. The largest absolute Gasteiger partial charge is 0.354 e. The first-order chi connectivity index (χ1) is 8.66. The van der Waals surface area contributed by atoms with Crippen molar-refractivity contribution in [3.63, 3.8) is 0 Å². The SMILES string of the molecule is Cl.O=C(NCCc1ccc(Cl)cc1Cl)C1CCCN1. The number of nitrogens with one attached hydrogen (secondary N) is 2. The van der Waals surface area contributed by atoms with Gasteiger partial charge in [0.2, 0.25) is 5.91 Å². The highest BCUT2D eigenvalue weighted by molar-refractivity contribution is 6.35. The van der Waals surface area contributed by atoms with E-state index in [1.807, 2.05) is 12.1 Å². The van der Waals surface area contributed by atoms with Crippen LogP contribution < -0.4 is 10.6 Å². The van der Waals surface area contributed by atoms with Gasteiger partial charge in [0.1, 0.15) is 0 Å². The Labute approximate surface area is 129 Å². The summed E-state index contributed by atoms with van der Waals surface area (Å²) in [5.74, 6) is 0.0811. The fourth-order valence-electron chi connectivity index (χ4n) is 2.08. The normalized spacial score (nSPS) is 17.9. The average molecular weight is 324 g/mol. The second-order valence-corrected chi connectivity index (χ2v) is 5.27. The zero-order valence-electron chi connectivity index (χ0n) is 10.4. The van der Waals surface area contributed by atoms with Gasteiger partial charge in [-0.05, 0) is 43.5 Å². The van der Waals surface area contributed by atoms with Crippen molar-refractivity contribution in [3.8, 4) is 0 Å². The van der Waals surface area contributed by atoms with E-state index in [0.717, 1.165) is 24.9 Å². The Bertz CT molecular complexity index is 434. The van der Waals surface area contributed by atoms with E-state index < -0.39 is 0 Å². The highest BCUT2D eigenvalue weighted by Gasteiger charge is 2.21. The molecule has 0 spiro atoms. The summed E-state index contributed by atoms with van der Waals surface area (Å²) in [6.45, 7) is 1.53. The van der Waals surface area contributed by atoms with Crippen LogP contribution in [-0.4, -0.2) is 25.0 Å². The van der Waals surface area contributed by atoms with E-state index in [2.05, 4.69) is 10.6 Å². The second kappa shape index (κ2) is 7.95. The highest BCUT2D eigenvalue weighted by atomic mass is 35.5. The lowest BCUT2D eigenvalue weighted by atomic mass is 10.1. The molecule has 2 rings (SSSR count). The zero-order valence-corrected chi connectivity index (χ0v) is 12.7. The number of carbonyl (C=O) groups is 1. The molecule has 1 amide bonds. The molecule has 106 valence electrons. The maximum Gasteiger partial charge on any atom is 0.237 e. The average Bonchev–Trinajstić information content (AvgIpc) is 2.85. The number of hydrogen-bond donors (Lipinski definition) is 2. The van der Waals surface area contributed by atoms with Crippen LogP contribution in [0.25, 0.3) is 0 Å². The maximum absolute atomic E-state index is 11.7. The second-order valence-electron chi connectivity index (χ2n) is 4.43. The molecule has 1 aromatic rings. The van der Waals surface area contributed by atoms with Gasteiger partial charge in [0, 0.05) is 16.6 Å². The van der Waals surface area contributed by atoms with Crippen molar-refractivity contribution in [2.24, 2.45) is 0 Å². The molecule has 3 nitrogen and oxygen atoms in total. The fraction of sp³-hybridized carbons (Fsp3) is 0.462. The molecule has 0 bridgehead atoms. The molecule has 19 heavy (non-hydrogen) atoms. The van der Waals surface area contributed by atoms with E-state index in [1.165, 1.54) is 0 Å². The molecule has 6 heteroatoms. The molecule has 1 aromatic carbocycles.